The lowest BCUT2D eigenvalue weighted by Gasteiger charge is -2.52. The third-order valence-corrected chi connectivity index (χ3v) is 11.2. The molecule has 5 rings (SSSR count). The van der Waals surface area contributed by atoms with Crippen molar-refractivity contribution in [1.29, 1.82) is 0 Å². The summed E-state index contributed by atoms with van der Waals surface area (Å²) in [6.07, 6.45) is 0. The second-order valence-corrected chi connectivity index (χ2v) is 16.7. The fourth-order valence-corrected chi connectivity index (χ4v) is 8.75. The zero-order valence-electron chi connectivity index (χ0n) is 24.9. The summed E-state index contributed by atoms with van der Waals surface area (Å²) in [7, 11) is -3.75. The molecule has 3 aromatic rings. The Kier molecular flexibility index (Phi) is 6.93. The van der Waals surface area contributed by atoms with Gasteiger partial charge in [0.1, 0.15) is 13.2 Å². The smallest absolute Gasteiger partial charge is 0.258 e. The number of hydrogen-bond donors (Lipinski definition) is 0. The number of hydrogen-bond acceptors (Lipinski definition) is 3. The van der Waals surface area contributed by atoms with Crippen LogP contribution in [0.3, 0.4) is 0 Å². The fourth-order valence-electron chi connectivity index (χ4n) is 5.93. The molecular weight excluding hydrogens is 523 g/mol. The lowest BCUT2D eigenvalue weighted by Crippen LogP contribution is -2.47. The van der Waals surface area contributed by atoms with Crippen molar-refractivity contribution in [2.75, 3.05) is 0 Å². The third kappa shape index (κ3) is 4.59. The molecule has 0 amide bonds. The van der Waals surface area contributed by atoms with E-state index in [1.807, 2.05) is 0 Å². The van der Waals surface area contributed by atoms with E-state index in [1.54, 1.807) is 0 Å². The largest absolute Gasteiger partial charge is 0.630 e. The van der Waals surface area contributed by atoms with Crippen molar-refractivity contribution in [1.82, 2.24) is 0 Å². The molecule has 0 spiro atoms. The monoisotopic (exact) mass is 564 g/mol. The zero-order valence-corrected chi connectivity index (χ0v) is 26.5. The van der Waals surface area contributed by atoms with Crippen molar-refractivity contribution < 1.29 is 13.9 Å². The standard InChI is InChI=1S/C34H42ClO3P/c1-31(2,3)25-13-10-22(19-35)28(16-25)34-29-17-26(32(4,5)6)14-11-23(29)20-37-39(34,36)38-21-24-12-15-27(18-30(24)34)33(7,8)9/h10-18H,19-21H2,1-9H3. The molecule has 0 saturated heterocycles. The van der Waals surface area contributed by atoms with Gasteiger partial charge in [0.05, 0.1) is 0 Å². The summed E-state index contributed by atoms with van der Waals surface area (Å²) < 4.78 is 12.8. The molecule has 2 aliphatic heterocycles. The average Bonchev–Trinajstić information content (AvgIpc) is 2.85. The van der Waals surface area contributed by atoms with Crippen LogP contribution in [0.4, 0.5) is 0 Å². The Balaban J connectivity index is 2.01. The van der Waals surface area contributed by atoms with Crippen LogP contribution in [0.15, 0.2) is 54.6 Å². The third-order valence-electron chi connectivity index (χ3n) is 8.43. The van der Waals surface area contributed by atoms with Crippen molar-refractivity contribution in [3.05, 3.63) is 105 Å². The van der Waals surface area contributed by atoms with Gasteiger partial charge in [0, 0.05) is 22.6 Å². The van der Waals surface area contributed by atoms with Gasteiger partial charge in [0.2, 0.25) is 5.16 Å². The van der Waals surface area contributed by atoms with E-state index >= 15 is 4.89 Å². The number of benzene rings is 3. The Bertz CT molecular complexity index is 1350. The lowest BCUT2D eigenvalue weighted by atomic mass is 9.73. The van der Waals surface area contributed by atoms with Crippen molar-refractivity contribution in [3.63, 3.8) is 0 Å². The molecule has 0 saturated carbocycles. The average molecular weight is 565 g/mol. The fraction of sp³-hybridized carbons (Fsp3) is 0.471. The van der Waals surface area contributed by atoms with E-state index in [2.05, 4.69) is 117 Å². The summed E-state index contributed by atoms with van der Waals surface area (Å²) in [5, 5.41) is -1.14. The highest BCUT2D eigenvalue weighted by Gasteiger charge is 2.66. The Labute approximate surface area is 240 Å². The van der Waals surface area contributed by atoms with Crippen molar-refractivity contribution in [3.8, 4) is 0 Å². The Morgan fingerprint density at radius 2 is 1.05 bits per heavy atom. The SMILES string of the molecule is CC(C)(C)c1ccc(CCl)c(C23c4cc(C(C)(C)C)ccc4CO[P+]2([O-])OCc2ccc(C(C)(C)C)cc23)c1. The van der Waals surface area contributed by atoms with E-state index in [-0.39, 0.29) is 29.5 Å². The van der Waals surface area contributed by atoms with Gasteiger partial charge >= 0.3 is 0 Å². The molecule has 0 radical (unpaired) electrons. The summed E-state index contributed by atoms with van der Waals surface area (Å²) in [5.74, 6) is 0.296. The minimum absolute atomic E-state index is 0.0906. The molecule has 0 bridgehead atoms. The summed E-state index contributed by atoms with van der Waals surface area (Å²) in [6, 6.07) is 19.6. The number of fused-ring (bicyclic) bond motifs is 5. The van der Waals surface area contributed by atoms with Gasteiger partial charge in [-0.25, -0.2) is 9.05 Å². The summed E-state index contributed by atoms with van der Waals surface area (Å²) in [4.78, 5) is 15.3. The summed E-state index contributed by atoms with van der Waals surface area (Å²) >= 11 is 6.68. The number of alkyl halides is 1. The lowest BCUT2D eigenvalue weighted by molar-refractivity contribution is -0.230. The van der Waals surface area contributed by atoms with Gasteiger partial charge in [0.15, 0.2) is 0 Å². The van der Waals surface area contributed by atoms with Gasteiger partial charge in [0.25, 0.3) is 7.94 Å². The van der Waals surface area contributed by atoms with E-state index in [1.165, 1.54) is 11.1 Å². The number of rotatable bonds is 2. The molecule has 208 valence electrons. The van der Waals surface area contributed by atoms with Gasteiger partial charge in [-0.2, -0.15) is 0 Å². The van der Waals surface area contributed by atoms with Crippen LogP contribution in [0, 0.1) is 0 Å². The Morgan fingerprint density at radius 1 is 0.667 bits per heavy atom. The maximum atomic E-state index is 15.3. The van der Waals surface area contributed by atoms with Gasteiger partial charge in [-0.15, -0.1) is 11.6 Å². The normalized spacial score (nSPS) is 23.2. The van der Waals surface area contributed by atoms with Crippen LogP contribution in [-0.2, 0) is 49.5 Å². The molecule has 2 heterocycles. The van der Waals surface area contributed by atoms with Crippen molar-refractivity contribution in [2.45, 2.75) is 103 Å². The minimum atomic E-state index is -3.75. The minimum Gasteiger partial charge on any atom is -0.630 e. The molecule has 0 aliphatic carbocycles. The summed E-state index contributed by atoms with van der Waals surface area (Å²) in [5.41, 5.74) is 9.19. The molecule has 0 fully saturated rings. The topological polar surface area (TPSA) is 41.5 Å². The molecule has 3 aromatic carbocycles. The number of halogens is 1. The maximum Gasteiger partial charge on any atom is 0.258 e. The molecule has 39 heavy (non-hydrogen) atoms. The Morgan fingerprint density at radius 3 is 1.44 bits per heavy atom. The highest BCUT2D eigenvalue weighted by atomic mass is 35.5. The molecule has 3 nitrogen and oxygen atoms in total. The first-order chi connectivity index (χ1) is 18.0. The van der Waals surface area contributed by atoms with E-state index < -0.39 is 13.1 Å². The predicted molar refractivity (Wildman–Crippen MR) is 161 cm³/mol. The highest BCUT2D eigenvalue weighted by molar-refractivity contribution is 7.61. The second kappa shape index (κ2) is 9.40. The Hall–Kier alpha value is -1.74. The second-order valence-electron chi connectivity index (χ2n) is 14.3. The van der Waals surface area contributed by atoms with E-state index in [0.29, 0.717) is 5.88 Å². The van der Waals surface area contributed by atoms with E-state index in [0.717, 1.165) is 38.9 Å². The van der Waals surface area contributed by atoms with Crippen LogP contribution >= 0.6 is 19.5 Å². The van der Waals surface area contributed by atoms with Crippen molar-refractivity contribution in [2.24, 2.45) is 0 Å². The van der Waals surface area contributed by atoms with Gasteiger partial charge in [-0.05, 0) is 67.8 Å². The maximum absolute atomic E-state index is 15.3. The van der Waals surface area contributed by atoms with Crippen molar-refractivity contribution >= 4 is 19.5 Å². The molecule has 0 aromatic heterocycles. The summed E-state index contributed by atoms with van der Waals surface area (Å²) in [6.45, 7) is 20.4. The molecular formula is C34H42ClO3P. The first-order valence-corrected chi connectivity index (χ1v) is 16.0. The predicted octanol–water partition coefficient (Wildman–Crippen LogP) is 8.79. The van der Waals surface area contributed by atoms with Crippen LogP contribution in [-0.4, -0.2) is 0 Å². The van der Waals surface area contributed by atoms with E-state index in [9.17, 15) is 0 Å². The molecule has 0 atom stereocenters. The zero-order chi connectivity index (χ0) is 28.6. The molecule has 0 N–H and O–H groups in total. The first kappa shape index (κ1) is 28.8. The van der Waals surface area contributed by atoms with Crippen LogP contribution in [0.5, 0.6) is 0 Å². The van der Waals surface area contributed by atoms with Gasteiger partial charge in [-0.3, -0.25) is 0 Å². The van der Waals surface area contributed by atoms with Crippen LogP contribution in [0.25, 0.3) is 0 Å². The van der Waals surface area contributed by atoms with Gasteiger partial charge in [-0.1, -0.05) is 98.7 Å². The highest BCUT2D eigenvalue weighted by Crippen LogP contribution is 2.79. The van der Waals surface area contributed by atoms with Gasteiger partial charge < -0.3 is 4.89 Å². The molecule has 2 aliphatic rings. The first-order valence-electron chi connectivity index (χ1n) is 13.9. The molecule has 5 heteroatoms. The van der Waals surface area contributed by atoms with Crippen LogP contribution < -0.4 is 4.89 Å². The quantitative estimate of drug-likeness (QED) is 0.231. The van der Waals surface area contributed by atoms with Crippen LogP contribution in [0.2, 0.25) is 0 Å². The van der Waals surface area contributed by atoms with E-state index in [4.69, 9.17) is 20.6 Å². The van der Waals surface area contributed by atoms with Crippen LogP contribution in [0.1, 0.15) is 112 Å². The molecule has 0 unspecified atom stereocenters.